The average molecular weight is 698 g/mol. The number of nitrogens with one attached hydrogen (secondary N) is 1. The molecule has 23 heteroatoms. The minimum atomic E-state index is -3.92. The first-order valence-corrected chi connectivity index (χ1v) is 19.1. The lowest BCUT2D eigenvalue weighted by atomic mass is 9.70. The zero-order valence-electron chi connectivity index (χ0n) is 23.0. The van der Waals surface area contributed by atoms with Gasteiger partial charge in [0.2, 0.25) is 5.78 Å². The van der Waals surface area contributed by atoms with Crippen molar-refractivity contribution >= 4 is 72.0 Å². The van der Waals surface area contributed by atoms with Crippen LogP contribution in [-0.2, 0) is 32.0 Å². The van der Waals surface area contributed by atoms with Crippen LogP contribution in [-0.4, -0.2) is 80.7 Å². The van der Waals surface area contributed by atoms with Crippen LogP contribution >= 0.6 is 38.1 Å². The molecule has 0 aromatic carbocycles. The maximum absolute atomic E-state index is 13.5. The van der Waals surface area contributed by atoms with Crippen molar-refractivity contribution in [2.45, 2.75) is 37.3 Å². The van der Waals surface area contributed by atoms with E-state index in [0.717, 1.165) is 0 Å². The van der Waals surface area contributed by atoms with Crippen molar-refractivity contribution in [3.63, 3.8) is 0 Å². The standard InChI is InChI=1S/C22H25N11O8P2S2/c23-18-16-19(25-6-24-18)32(8-26-16)15-2-13-14(40-15)5-39-42(35,44)38-4-11-10(3-37-43(36,45)41-13)1-12(11)31-7-27-17-20(31)29-22-30-28-9-33(22)21(17)34/h6-15H,1-5H2,(H,29,30)(H,35,44)(H,36,45)(H2,23,24,25)/t10-,11-,12-,13+,14-,15-,42+,43+/m1/s1. The number of fused-ring (bicyclic) bond motifs is 5. The van der Waals surface area contributed by atoms with Gasteiger partial charge in [0.15, 0.2) is 17.0 Å². The molecular formula is C22H25N11O8P2S2. The van der Waals surface area contributed by atoms with Crippen LogP contribution in [0.5, 0.6) is 0 Å². The number of hydrogen-bond acceptors (Lipinski definition) is 15. The molecule has 0 unspecified atom stereocenters. The number of aromatic nitrogens is 10. The zero-order chi connectivity index (χ0) is 31.1. The molecule has 3 aliphatic rings. The van der Waals surface area contributed by atoms with Crippen LogP contribution in [0, 0.1) is 11.8 Å². The molecule has 238 valence electrons. The van der Waals surface area contributed by atoms with E-state index < -0.39 is 32.0 Å². The number of thiol groups is 2. The first kappa shape index (κ1) is 29.5. The summed E-state index contributed by atoms with van der Waals surface area (Å²) >= 11 is 8.45. The predicted molar refractivity (Wildman–Crippen MR) is 162 cm³/mol. The van der Waals surface area contributed by atoms with Gasteiger partial charge in [-0.25, -0.2) is 33.5 Å². The second kappa shape index (κ2) is 10.9. The van der Waals surface area contributed by atoms with Gasteiger partial charge in [-0.05, 0) is 12.3 Å². The number of hydrogen-bond donors (Lipinski definition) is 4. The summed E-state index contributed by atoms with van der Waals surface area (Å²) in [5, 5.41) is 7.71. The Labute approximate surface area is 262 Å². The number of ether oxygens (including phenoxy) is 1. The summed E-state index contributed by atoms with van der Waals surface area (Å²) in [6.45, 7) is -8.13. The summed E-state index contributed by atoms with van der Waals surface area (Å²) in [5.41, 5.74) is 7.03. The van der Waals surface area contributed by atoms with Crippen molar-refractivity contribution in [1.82, 2.24) is 48.7 Å². The Morgan fingerprint density at radius 1 is 0.911 bits per heavy atom. The van der Waals surface area contributed by atoms with E-state index in [-0.39, 0.29) is 66.8 Å². The third kappa shape index (κ3) is 5.19. The van der Waals surface area contributed by atoms with Gasteiger partial charge in [-0.3, -0.25) is 18.4 Å². The van der Waals surface area contributed by atoms with Crippen LogP contribution in [0.15, 0.2) is 30.1 Å². The highest BCUT2D eigenvalue weighted by molar-refractivity contribution is 8.44. The number of nitrogen functional groups attached to an aromatic ring is 1. The molecule has 5 aromatic rings. The minimum Gasteiger partial charge on any atom is -0.382 e. The fourth-order valence-corrected chi connectivity index (χ4v) is 8.85. The van der Waals surface area contributed by atoms with Crippen LogP contribution in [0.1, 0.15) is 25.1 Å². The molecular weight excluding hydrogens is 672 g/mol. The minimum absolute atomic E-state index is 0.00460. The fourth-order valence-electron chi connectivity index (χ4n) is 6.11. The summed E-state index contributed by atoms with van der Waals surface area (Å²) in [7, 11) is 0. The number of H-pyrrole nitrogens is 1. The second-order valence-electron chi connectivity index (χ2n) is 10.9. The first-order chi connectivity index (χ1) is 21.6. The molecule has 1 aliphatic carbocycles. The molecule has 0 amide bonds. The maximum Gasteiger partial charge on any atom is 0.386 e. The Morgan fingerprint density at radius 3 is 2.56 bits per heavy atom. The van der Waals surface area contributed by atoms with E-state index in [2.05, 4.69) is 59.6 Å². The molecule has 45 heavy (non-hydrogen) atoms. The van der Waals surface area contributed by atoms with Crippen molar-refractivity contribution in [3.05, 3.63) is 35.7 Å². The lowest BCUT2D eigenvalue weighted by Crippen LogP contribution is -2.43. The van der Waals surface area contributed by atoms with E-state index in [0.29, 0.717) is 23.2 Å². The molecule has 2 aliphatic heterocycles. The van der Waals surface area contributed by atoms with Crippen LogP contribution in [0.3, 0.4) is 0 Å². The summed E-state index contributed by atoms with van der Waals surface area (Å²) in [5.74, 6) is -0.0593. The summed E-state index contributed by atoms with van der Waals surface area (Å²) < 4.78 is 60.7. The SMILES string of the molecule is Nc1ncnc2c1ncn2[C@H]1C[C@@H]2O[P@@](=O)(S)OC[C@H]3C[C@@H](n4cnc5c(=O)n6cnnc6[nH]c54)[C@@H]3CO[P@](=O)(S)OC[C@H]2O1. The smallest absolute Gasteiger partial charge is 0.382 e. The molecule has 0 spiro atoms. The summed E-state index contributed by atoms with van der Waals surface area (Å²) in [6.07, 6.45) is 4.02. The van der Waals surface area contributed by atoms with Gasteiger partial charge in [-0.15, -0.1) is 10.2 Å². The number of nitrogens with two attached hydrogens (primary N) is 1. The fraction of sp³-hybridized carbons (Fsp3) is 0.500. The van der Waals surface area contributed by atoms with Gasteiger partial charge < -0.3 is 29.1 Å². The molecule has 0 radical (unpaired) electrons. The van der Waals surface area contributed by atoms with Crippen LogP contribution < -0.4 is 11.3 Å². The number of anilines is 1. The highest BCUT2D eigenvalue weighted by Crippen LogP contribution is 2.60. The number of rotatable bonds is 2. The van der Waals surface area contributed by atoms with Crippen molar-refractivity contribution < 1.29 is 32.0 Å². The van der Waals surface area contributed by atoms with Gasteiger partial charge in [-0.2, -0.15) is 0 Å². The molecule has 1 saturated carbocycles. The third-order valence-corrected chi connectivity index (χ3v) is 11.7. The lowest BCUT2D eigenvalue weighted by molar-refractivity contribution is -0.0365. The van der Waals surface area contributed by atoms with E-state index in [4.69, 9.17) is 28.6 Å². The molecule has 7 heterocycles. The van der Waals surface area contributed by atoms with Gasteiger partial charge in [0, 0.05) is 18.4 Å². The van der Waals surface area contributed by atoms with Gasteiger partial charge in [-0.1, -0.05) is 24.5 Å². The Morgan fingerprint density at radius 2 is 1.69 bits per heavy atom. The van der Waals surface area contributed by atoms with Crippen molar-refractivity contribution in [2.24, 2.45) is 11.8 Å². The topological polar surface area (TPSA) is 231 Å². The Bertz CT molecular complexity index is 2100. The summed E-state index contributed by atoms with van der Waals surface area (Å²) in [6, 6.07) is -0.255. The maximum atomic E-state index is 13.5. The molecule has 3 N–H and O–H groups in total. The Balaban J connectivity index is 1.04. The normalized spacial score (nSPS) is 34.5. The van der Waals surface area contributed by atoms with Gasteiger partial charge in [0.1, 0.15) is 42.3 Å². The van der Waals surface area contributed by atoms with E-state index in [1.807, 2.05) is 0 Å². The molecule has 5 aromatic heterocycles. The van der Waals surface area contributed by atoms with Gasteiger partial charge >= 0.3 is 13.6 Å². The van der Waals surface area contributed by atoms with Gasteiger partial charge in [0.05, 0.1) is 32.5 Å². The molecule has 2 saturated heterocycles. The molecule has 8 rings (SSSR count). The van der Waals surface area contributed by atoms with Crippen LogP contribution in [0.2, 0.25) is 0 Å². The highest BCUT2D eigenvalue weighted by Gasteiger charge is 2.47. The quantitative estimate of drug-likeness (QED) is 0.153. The number of aromatic amines is 1. The van der Waals surface area contributed by atoms with E-state index in [1.54, 1.807) is 15.5 Å². The number of nitrogens with zero attached hydrogens (tertiary/aromatic N) is 9. The van der Waals surface area contributed by atoms with E-state index >= 15 is 0 Å². The first-order valence-electron chi connectivity index (χ1n) is 13.7. The Hall–Kier alpha value is -2.87. The largest absolute Gasteiger partial charge is 0.386 e. The van der Waals surface area contributed by atoms with Crippen LogP contribution in [0.25, 0.3) is 28.1 Å². The third-order valence-electron chi connectivity index (χ3n) is 8.42. The molecule has 3 fully saturated rings. The van der Waals surface area contributed by atoms with Crippen molar-refractivity contribution in [2.75, 3.05) is 25.6 Å². The average Bonchev–Trinajstić information content (AvgIpc) is 3.77. The van der Waals surface area contributed by atoms with Gasteiger partial charge in [0.25, 0.3) is 5.56 Å². The molecule has 19 nitrogen and oxygen atoms in total. The lowest BCUT2D eigenvalue weighted by Gasteiger charge is -2.45. The molecule has 0 bridgehead atoms. The van der Waals surface area contributed by atoms with Crippen molar-refractivity contribution in [1.29, 1.82) is 0 Å². The highest BCUT2D eigenvalue weighted by atomic mass is 32.7. The van der Waals surface area contributed by atoms with Crippen LogP contribution in [0.4, 0.5) is 5.82 Å². The Kier molecular flexibility index (Phi) is 7.12. The van der Waals surface area contributed by atoms with E-state index in [9.17, 15) is 13.9 Å². The number of imidazole rings is 2. The summed E-state index contributed by atoms with van der Waals surface area (Å²) in [4.78, 5) is 32.7. The molecule has 8 atom stereocenters. The predicted octanol–water partition coefficient (Wildman–Crippen LogP) is 2.18. The second-order valence-corrected chi connectivity index (χ2v) is 16.7. The van der Waals surface area contributed by atoms with Crippen molar-refractivity contribution in [3.8, 4) is 0 Å². The monoisotopic (exact) mass is 697 g/mol. The van der Waals surface area contributed by atoms with E-state index in [1.165, 1.54) is 23.4 Å². The zero-order valence-corrected chi connectivity index (χ0v) is 26.5.